The number of aryl methyl sites for hydroxylation is 3. The summed E-state index contributed by atoms with van der Waals surface area (Å²) in [6.45, 7) is 7.63. The lowest BCUT2D eigenvalue weighted by Gasteiger charge is -2.13. The molecule has 1 amide bonds. The monoisotopic (exact) mass is 515 g/mol. The van der Waals surface area contributed by atoms with Crippen LogP contribution in [0.25, 0.3) is 0 Å². The molecule has 0 aliphatic carbocycles. The molecule has 1 heterocycles. The van der Waals surface area contributed by atoms with Crippen molar-refractivity contribution in [3.63, 3.8) is 0 Å². The first-order valence-corrected chi connectivity index (χ1v) is 14.2. The molecule has 2 aromatic carbocycles. The second-order valence-corrected chi connectivity index (χ2v) is 11.5. The molecule has 1 aliphatic heterocycles. The number of nitrogens with zero attached hydrogens (tertiary/aromatic N) is 2. The molecule has 0 saturated carbocycles. The predicted molar refractivity (Wildman–Crippen MR) is 143 cm³/mol. The number of amides is 1. The lowest BCUT2D eigenvalue weighted by Crippen LogP contribution is -2.24. The van der Waals surface area contributed by atoms with Crippen LogP contribution in [0.5, 0.6) is 5.75 Å². The highest BCUT2D eigenvalue weighted by molar-refractivity contribution is 8.15. The van der Waals surface area contributed by atoms with Gasteiger partial charge in [-0.15, -0.1) is 5.10 Å². The Balaban J connectivity index is 1.62. The van der Waals surface area contributed by atoms with Gasteiger partial charge in [-0.05, 0) is 56.0 Å². The van der Waals surface area contributed by atoms with E-state index < -0.39 is 10.1 Å². The maximum atomic E-state index is 12.9. The maximum absolute atomic E-state index is 12.9. The number of unbranched alkanes of at least 4 members (excludes halogenated alkanes) is 4. The molecule has 35 heavy (non-hydrogen) atoms. The van der Waals surface area contributed by atoms with Gasteiger partial charge < -0.3 is 9.50 Å². The van der Waals surface area contributed by atoms with Crippen molar-refractivity contribution in [3.8, 4) is 5.75 Å². The third-order valence-electron chi connectivity index (χ3n) is 5.62. The average Bonchev–Trinajstić information content (AvgIpc) is 3.11. The number of nitrogens with one attached hydrogen (secondary N) is 1. The topological polar surface area (TPSA) is 97.2 Å². The van der Waals surface area contributed by atoms with E-state index in [1.165, 1.54) is 37.2 Å². The molecule has 0 aromatic heterocycles. The highest BCUT2D eigenvalue weighted by Gasteiger charge is 2.29. The van der Waals surface area contributed by atoms with Gasteiger partial charge in [0.1, 0.15) is 10.6 Å². The second-order valence-electron chi connectivity index (χ2n) is 8.79. The van der Waals surface area contributed by atoms with Crippen LogP contribution < -0.4 is 9.50 Å². The van der Waals surface area contributed by atoms with Crippen LogP contribution in [0.1, 0.15) is 67.7 Å². The lowest BCUT2D eigenvalue weighted by atomic mass is 10.1. The Morgan fingerprint density at radius 1 is 1.06 bits per heavy atom. The molecule has 1 N–H and O–H groups in total. The Labute approximate surface area is 212 Å². The van der Waals surface area contributed by atoms with Crippen LogP contribution in [0.3, 0.4) is 0 Å². The number of hydrogen-bond donors (Lipinski definition) is 1. The summed E-state index contributed by atoms with van der Waals surface area (Å²) in [5.41, 5.74) is 2.91. The quantitative estimate of drug-likeness (QED) is 0.180. The standard InChI is InChI=1S/C26H33N3O4S2/c1-5-6-7-8-9-13-23-25(30)28-26(34-23)29-27-17-21-11-10-12-22(16-21)33-35(31,32)24-19(3)14-18(2)15-20(24)4/h10-12,14-17,23H,5-9,13H2,1-4H3,(H,28,29,30)/b27-17-/t23-/m1/s1. The van der Waals surface area contributed by atoms with Crippen molar-refractivity contribution in [2.45, 2.75) is 76.4 Å². The van der Waals surface area contributed by atoms with Gasteiger partial charge in [0.25, 0.3) is 0 Å². The molecule has 1 fully saturated rings. The van der Waals surface area contributed by atoms with E-state index in [1.54, 1.807) is 38.1 Å². The molecule has 0 radical (unpaired) electrons. The number of amidine groups is 1. The van der Waals surface area contributed by atoms with E-state index in [-0.39, 0.29) is 21.8 Å². The molecule has 2 aromatic rings. The Hall–Kier alpha value is -2.65. The number of benzene rings is 2. The highest BCUT2D eigenvalue weighted by atomic mass is 32.2. The number of carbonyl (C=O) groups is 1. The fourth-order valence-corrected chi connectivity index (χ4v) is 6.42. The van der Waals surface area contributed by atoms with Gasteiger partial charge in [0.05, 0.1) is 11.5 Å². The minimum Gasteiger partial charge on any atom is -0.379 e. The van der Waals surface area contributed by atoms with Gasteiger partial charge in [-0.2, -0.15) is 13.5 Å². The molecule has 1 aliphatic rings. The van der Waals surface area contributed by atoms with Gasteiger partial charge in [-0.1, -0.05) is 80.6 Å². The first-order chi connectivity index (χ1) is 16.7. The van der Waals surface area contributed by atoms with Crippen molar-refractivity contribution in [2.24, 2.45) is 10.2 Å². The van der Waals surface area contributed by atoms with E-state index in [2.05, 4.69) is 22.4 Å². The van der Waals surface area contributed by atoms with Crippen molar-refractivity contribution < 1.29 is 17.4 Å². The molecule has 3 rings (SSSR count). The van der Waals surface area contributed by atoms with Crippen molar-refractivity contribution in [2.75, 3.05) is 0 Å². The SMILES string of the molecule is CCCCCCC[C@H]1S/C(=N\N=C/c2cccc(OS(=O)(=O)c3c(C)cc(C)cc3C)c2)NC1=O. The summed E-state index contributed by atoms with van der Waals surface area (Å²) in [7, 11) is -3.99. The average molecular weight is 516 g/mol. The fourth-order valence-electron chi connectivity index (χ4n) is 4.10. The number of thioether (sulfide) groups is 1. The van der Waals surface area contributed by atoms with Crippen LogP contribution in [0.2, 0.25) is 0 Å². The first kappa shape index (κ1) is 26.9. The van der Waals surface area contributed by atoms with E-state index in [1.807, 2.05) is 19.1 Å². The van der Waals surface area contributed by atoms with E-state index in [0.717, 1.165) is 24.8 Å². The number of carbonyl (C=O) groups excluding carboxylic acids is 1. The number of rotatable bonds is 11. The zero-order valence-electron chi connectivity index (χ0n) is 20.7. The summed E-state index contributed by atoms with van der Waals surface area (Å²) in [5.74, 6) is 0.161. The van der Waals surface area contributed by atoms with Crippen molar-refractivity contribution in [3.05, 3.63) is 58.7 Å². The van der Waals surface area contributed by atoms with Gasteiger partial charge >= 0.3 is 10.1 Å². The molecule has 0 bridgehead atoms. The first-order valence-electron chi connectivity index (χ1n) is 11.9. The van der Waals surface area contributed by atoms with Gasteiger partial charge in [0.2, 0.25) is 5.91 Å². The molecule has 0 spiro atoms. The normalized spacial score (nSPS) is 17.3. The second kappa shape index (κ2) is 12.4. The van der Waals surface area contributed by atoms with Crippen LogP contribution in [0.15, 0.2) is 51.5 Å². The van der Waals surface area contributed by atoms with E-state index >= 15 is 0 Å². The van der Waals surface area contributed by atoms with Crippen LogP contribution in [-0.4, -0.2) is 31.0 Å². The third-order valence-corrected chi connectivity index (χ3v) is 8.32. The Kier molecular flexibility index (Phi) is 9.51. The van der Waals surface area contributed by atoms with Gasteiger partial charge in [0.15, 0.2) is 5.17 Å². The maximum Gasteiger partial charge on any atom is 0.339 e. The zero-order valence-corrected chi connectivity index (χ0v) is 22.3. The summed E-state index contributed by atoms with van der Waals surface area (Å²) in [6.07, 6.45) is 8.13. The Morgan fingerprint density at radius 2 is 1.77 bits per heavy atom. The van der Waals surface area contributed by atoms with E-state index in [4.69, 9.17) is 4.18 Å². The minimum absolute atomic E-state index is 0.0262. The molecular formula is C26H33N3O4S2. The Bertz CT molecular complexity index is 1200. The Morgan fingerprint density at radius 3 is 2.49 bits per heavy atom. The fraction of sp³-hybridized carbons (Fsp3) is 0.423. The summed E-state index contributed by atoms with van der Waals surface area (Å²) in [6, 6.07) is 10.3. The van der Waals surface area contributed by atoms with Crippen LogP contribution in [0, 0.1) is 20.8 Å². The van der Waals surface area contributed by atoms with Crippen molar-refractivity contribution in [1.29, 1.82) is 0 Å². The largest absolute Gasteiger partial charge is 0.379 e. The summed E-state index contributed by atoms with van der Waals surface area (Å²) in [4.78, 5) is 12.3. The molecule has 1 atom stereocenters. The van der Waals surface area contributed by atoms with Gasteiger partial charge in [0, 0.05) is 0 Å². The molecule has 188 valence electrons. The molecule has 1 saturated heterocycles. The van der Waals surface area contributed by atoms with Crippen LogP contribution >= 0.6 is 11.8 Å². The minimum atomic E-state index is -3.99. The zero-order chi connectivity index (χ0) is 25.4. The lowest BCUT2D eigenvalue weighted by molar-refractivity contribution is -0.118. The van der Waals surface area contributed by atoms with E-state index in [9.17, 15) is 13.2 Å². The molecular weight excluding hydrogens is 482 g/mol. The van der Waals surface area contributed by atoms with Crippen molar-refractivity contribution in [1.82, 2.24) is 5.32 Å². The summed E-state index contributed by atoms with van der Waals surface area (Å²) < 4.78 is 31.3. The number of hydrogen-bond acceptors (Lipinski definition) is 7. The van der Waals surface area contributed by atoms with Crippen LogP contribution in [-0.2, 0) is 14.9 Å². The summed E-state index contributed by atoms with van der Waals surface area (Å²) in [5, 5.41) is 11.3. The van der Waals surface area contributed by atoms with Crippen LogP contribution in [0.4, 0.5) is 0 Å². The highest BCUT2D eigenvalue weighted by Crippen LogP contribution is 2.27. The van der Waals surface area contributed by atoms with E-state index in [0.29, 0.717) is 21.9 Å². The van der Waals surface area contributed by atoms with Crippen molar-refractivity contribution >= 4 is 39.2 Å². The molecule has 0 unspecified atom stereocenters. The molecule has 9 heteroatoms. The third kappa shape index (κ3) is 7.67. The summed E-state index contributed by atoms with van der Waals surface area (Å²) >= 11 is 1.40. The smallest absolute Gasteiger partial charge is 0.339 e. The predicted octanol–water partition coefficient (Wildman–Crippen LogP) is 5.66. The molecule has 7 nitrogen and oxygen atoms in total. The van der Waals surface area contributed by atoms with Gasteiger partial charge in [-0.25, -0.2) is 0 Å². The van der Waals surface area contributed by atoms with Gasteiger partial charge in [-0.3, -0.25) is 4.79 Å².